The first-order chi connectivity index (χ1) is 66.7. The van der Waals surface area contributed by atoms with Crippen LogP contribution in [-0.4, -0.2) is 242 Å². The molecule has 0 aliphatic carbocycles. The van der Waals surface area contributed by atoms with Crippen molar-refractivity contribution in [3.63, 3.8) is 0 Å². The Morgan fingerprint density at radius 1 is 0.314 bits per heavy atom. The van der Waals surface area contributed by atoms with Gasteiger partial charge in [-0.2, -0.15) is 0 Å². The molecule has 8 aromatic carbocycles. The van der Waals surface area contributed by atoms with E-state index in [1.165, 1.54) is 26.2 Å². The normalized spacial score (nSPS) is 27.9. The average molecular weight is 1890 g/mol. The van der Waals surface area contributed by atoms with Gasteiger partial charge in [-0.3, -0.25) is 19.2 Å². The third kappa shape index (κ3) is 28.3. The van der Waals surface area contributed by atoms with Gasteiger partial charge >= 0.3 is 47.9 Å². The van der Waals surface area contributed by atoms with Gasteiger partial charge in [0.25, 0.3) is 0 Å². The molecule has 0 radical (unpaired) electrons. The fourth-order valence-corrected chi connectivity index (χ4v) is 16.2. The van der Waals surface area contributed by atoms with Crippen LogP contribution in [0.15, 0.2) is 253 Å². The number of carbonyl (C=O) groups excluding carboxylic acids is 8. The average Bonchev–Trinajstić information content (AvgIpc) is 0.755. The minimum atomic E-state index is -2.20. The summed E-state index contributed by atoms with van der Waals surface area (Å²) in [7, 11) is 3.35. The third-order valence-corrected chi connectivity index (χ3v) is 22.6. The maximum atomic E-state index is 15.4. The molecule has 1 amide bonds. The molecule has 5 aliphatic rings. The molecule has 5 heterocycles. The molecule has 5 fully saturated rings. The molecule has 0 unspecified atom stereocenters. The number of rotatable bonds is 43. The predicted octanol–water partition coefficient (Wildman–Crippen LogP) is 11.2. The van der Waals surface area contributed by atoms with Crippen LogP contribution in [0, 0.1) is 0 Å². The van der Waals surface area contributed by atoms with Gasteiger partial charge < -0.3 is 119 Å². The molecule has 0 aromatic heterocycles. The zero-order valence-electron chi connectivity index (χ0n) is 75.8. The van der Waals surface area contributed by atoms with Gasteiger partial charge in [-0.15, -0.1) is 0 Å². The number of hydrogen-bond acceptors (Lipinski definition) is 34. The fraction of sp³-hybridized carbons (Fsp3) is 0.429. The molecule has 25 atom stereocenters. The molecule has 726 valence electrons. The first-order valence-corrected chi connectivity index (χ1v) is 44.1. The Balaban J connectivity index is 0.915. The first-order valence-electron chi connectivity index (χ1n) is 44.1. The lowest BCUT2D eigenvalue weighted by Crippen LogP contribution is -2.70. The van der Waals surface area contributed by atoms with Gasteiger partial charge in [0.05, 0.1) is 59.4 Å². The van der Waals surface area contributed by atoms with E-state index >= 15 is 14.4 Å². The number of carbonyl (C=O) groups is 8. The number of nitrogens with zero attached hydrogens (tertiary/aromatic N) is 6. The number of esters is 7. The Hall–Kier alpha value is -12.7. The van der Waals surface area contributed by atoms with Crippen LogP contribution in [0.5, 0.6) is 0 Å². The van der Waals surface area contributed by atoms with Gasteiger partial charge in [-0.1, -0.05) is 241 Å². The minimum Gasteiger partial charge on any atom is -0.467 e. The number of benzene rings is 8. The topological polar surface area (TPSA) is 468 Å². The lowest BCUT2D eigenvalue weighted by Gasteiger charge is -2.51. The van der Waals surface area contributed by atoms with E-state index in [0.717, 1.165) is 35.0 Å². The van der Waals surface area contributed by atoms with Gasteiger partial charge in [0.2, 0.25) is 0 Å². The van der Waals surface area contributed by atoms with Gasteiger partial charge in [0.1, 0.15) is 130 Å². The summed E-state index contributed by atoms with van der Waals surface area (Å²) in [6.07, 6.45) is -40.5. The highest BCUT2D eigenvalue weighted by atomic mass is 16.8. The van der Waals surface area contributed by atoms with Crippen LogP contribution in [0.3, 0.4) is 0 Å². The molecular formula is C98H107N7O32. The smallest absolute Gasteiger partial charge is 0.407 e. The molecule has 0 bridgehead atoms. The number of hydrogen-bond donors (Lipinski definition) is 1. The summed E-state index contributed by atoms with van der Waals surface area (Å²) in [6.45, 7) is 0.818. The maximum absolute atomic E-state index is 15.4. The Kier molecular flexibility index (Phi) is 38.2. The largest absolute Gasteiger partial charge is 0.467 e. The van der Waals surface area contributed by atoms with Crippen LogP contribution in [0.4, 0.5) is 4.79 Å². The summed E-state index contributed by atoms with van der Waals surface area (Å²) >= 11 is 0. The number of methoxy groups -OCH3 is 3. The fourth-order valence-electron chi connectivity index (χ4n) is 16.2. The monoisotopic (exact) mass is 1890 g/mol. The van der Waals surface area contributed by atoms with Crippen LogP contribution in [0.1, 0.15) is 77.0 Å². The second-order valence-corrected chi connectivity index (χ2v) is 32.1. The van der Waals surface area contributed by atoms with Crippen molar-refractivity contribution in [2.75, 3.05) is 41.2 Å². The minimum absolute atomic E-state index is 0.0485. The molecule has 137 heavy (non-hydrogen) atoms. The van der Waals surface area contributed by atoms with Crippen molar-refractivity contribution in [3.05, 3.63) is 308 Å². The second kappa shape index (κ2) is 51.5. The Bertz CT molecular complexity index is 5270. The van der Waals surface area contributed by atoms with Gasteiger partial charge in [-0.05, 0) is 62.1 Å². The van der Waals surface area contributed by atoms with Crippen molar-refractivity contribution in [1.29, 1.82) is 0 Å². The molecular weight excluding hydrogens is 1790 g/mol. The van der Waals surface area contributed by atoms with Crippen molar-refractivity contribution in [1.82, 2.24) is 5.32 Å². The summed E-state index contributed by atoms with van der Waals surface area (Å²) in [4.78, 5) is 120. The molecule has 13 rings (SSSR count). The lowest BCUT2D eigenvalue weighted by atomic mass is 9.93. The standard InChI is InChI=1S/C98H107N7O32/c1-58(106)117-55-70-76(120-48-62-32-16-8-17-33-62)80(122-50-64-36-20-10-21-37-64)74(102-104-99)94(129-70)134-84-82(123-51-65-38-22-11-23-39-65)88(125-53-67-42-26-13-27-43-67)96(136-86(84)91(111)114-5)133-78-72(57-119-60(3)108)130-95(75(103-105-100)81(78)127-61(4)109)135-85-83(124-52-66-40-24-12-25-41-66)89(131-90(110)69-46-30-15-31-47-69)97(137-87(85)92(112)115-6)132-77-71(56-118-59(2)107)128-93(116-7)73(79(77)121-49-63-34-18-9-19-35-63)101-98(113)126-54-68-44-28-14-29-45-68/h8-47,70-89,93-97H,48-57H2,1-7H3,(H,101,113)/t70-,71-,72-,73-,74-,75-,76-,77-,78-,79-,80-,81-,82+,83+,84+,85+,86+,87-,88-,89-,93+,94-,95-,96-,97-/m1/s1. The predicted molar refractivity (Wildman–Crippen MR) is 474 cm³/mol. The van der Waals surface area contributed by atoms with E-state index < -0.39 is 228 Å². The second-order valence-electron chi connectivity index (χ2n) is 32.1. The van der Waals surface area contributed by atoms with E-state index in [1.807, 2.05) is 36.4 Å². The van der Waals surface area contributed by atoms with Gasteiger partial charge in [-0.25, -0.2) is 19.2 Å². The molecule has 5 saturated heterocycles. The van der Waals surface area contributed by atoms with Crippen LogP contribution in [-0.2, 0) is 189 Å². The van der Waals surface area contributed by atoms with Crippen LogP contribution < -0.4 is 5.32 Å². The molecule has 5 aliphatic heterocycles. The van der Waals surface area contributed by atoms with Gasteiger partial charge in [0, 0.05) is 44.6 Å². The third-order valence-electron chi connectivity index (χ3n) is 22.6. The summed E-state index contributed by atoms with van der Waals surface area (Å²) < 4.78 is 157. The highest BCUT2D eigenvalue weighted by Gasteiger charge is 2.63. The molecule has 39 heteroatoms. The van der Waals surface area contributed by atoms with Crippen LogP contribution >= 0.6 is 0 Å². The molecule has 39 nitrogen and oxygen atoms in total. The number of ether oxygens (including phenoxy) is 24. The summed E-state index contributed by atoms with van der Waals surface area (Å²) in [5.74, 6) is -6.96. The van der Waals surface area contributed by atoms with Crippen molar-refractivity contribution in [2.45, 2.75) is 227 Å². The first kappa shape index (κ1) is 102. The number of nitrogens with one attached hydrogen (secondary N) is 1. The summed E-state index contributed by atoms with van der Waals surface area (Å²) in [6, 6.07) is 64.3. The molecule has 8 aromatic rings. The summed E-state index contributed by atoms with van der Waals surface area (Å²) in [5, 5.41) is 11.3. The molecule has 0 spiro atoms. The molecule has 0 saturated carbocycles. The van der Waals surface area contributed by atoms with E-state index in [4.69, 9.17) is 114 Å². The van der Waals surface area contributed by atoms with Crippen molar-refractivity contribution >= 4 is 47.9 Å². The zero-order valence-corrected chi connectivity index (χ0v) is 75.8. The van der Waals surface area contributed by atoms with Crippen molar-refractivity contribution < 1.29 is 152 Å². The highest BCUT2D eigenvalue weighted by Crippen LogP contribution is 2.43. The van der Waals surface area contributed by atoms with Crippen LogP contribution in [0.2, 0.25) is 0 Å². The van der Waals surface area contributed by atoms with E-state index in [2.05, 4.69) is 25.4 Å². The van der Waals surface area contributed by atoms with E-state index in [0.29, 0.717) is 38.9 Å². The van der Waals surface area contributed by atoms with Crippen LogP contribution in [0.25, 0.3) is 20.9 Å². The number of azide groups is 2. The Morgan fingerprint density at radius 2 is 0.628 bits per heavy atom. The highest BCUT2D eigenvalue weighted by molar-refractivity contribution is 5.89. The summed E-state index contributed by atoms with van der Waals surface area (Å²) in [5.41, 5.74) is 25.9. The quantitative estimate of drug-likeness (QED) is 0.0122. The Morgan fingerprint density at radius 3 is 1.00 bits per heavy atom. The Labute approximate surface area is 788 Å². The van der Waals surface area contributed by atoms with E-state index in [-0.39, 0.29) is 45.2 Å². The number of amides is 1. The van der Waals surface area contributed by atoms with E-state index in [9.17, 15) is 35.0 Å². The van der Waals surface area contributed by atoms with Crippen molar-refractivity contribution in [3.8, 4) is 0 Å². The maximum Gasteiger partial charge on any atom is 0.407 e. The van der Waals surface area contributed by atoms with E-state index in [1.54, 1.807) is 194 Å². The SMILES string of the molecule is COC(=O)[C@H]1O[C@@H](O[C@H]2[C@H](OC(C)=O)[C@@H](N=[N+]=[N-])[C@@H](O[C@H]3[C@H](OCc4ccccc4)[C@@H](OC(=O)c4ccccc4)[C@H](O[C@H]4[C@H](OCc5ccccc5)[C@@H](NC(=O)OCc5ccccc5)[C@@H](OC)O[C@@H]4COC(C)=O)O[C@H]3C(=O)OC)O[C@@H]2COC(C)=O)[C@H](OCc2ccccc2)[C@@H](OCc2ccccc2)[C@@H]1O[C@H]1O[C@H](COC(C)=O)[C@@H](OCc2ccccc2)[C@H](OCc2ccccc2)[C@H]1N=[N+]=[N-]. The molecule has 1 N–H and O–H groups in total. The number of alkyl carbamates (subject to hydrolysis) is 1. The van der Waals surface area contributed by atoms with Crippen molar-refractivity contribution in [2.24, 2.45) is 10.2 Å². The zero-order chi connectivity index (χ0) is 96.5. The van der Waals surface area contributed by atoms with Gasteiger partial charge in [0.15, 0.2) is 49.8 Å². The lowest BCUT2D eigenvalue weighted by molar-refractivity contribution is -0.382.